The third kappa shape index (κ3) is 4.91. The number of benzene rings is 1. The minimum Gasteiger partial charge on any atom is -0.491 e. The van der Waals surface area contributed by atoms with E-state index in [9.17, 15) is 10.2 Å². The summed E-state index contributed by atoms with van der Waals surface area (Å²) in [5.41, 5.74) is 0.761. The molecule has 0 saturated carbocycles. The van der Waals surface area contributed by atoms with Crippen molar-refractivity contribution in [3.05, 3.63) is 29.8 Å². The number of aliphatic hydroxyl groups excluding tert-OH is 2. The van der Waals surface area contributed by atoms with Gasteiger partial charge in [-0.15, -0.1) is 11.6 Å². The SMILES string of the molecule is COCC(O)c1ccc(OCC(O)CCl)cc1. The number of methoxy groups -OCH3 is 1. The van der Waals surface area contributed by atoms with Gasteiger partial charge in [-0.25, -0.2) is 0 Å². The van der Waals surface area contributed by atoms with Gasteiger partial charge in [-0.1, -0.05) is 12.1 Å². The Balaban J connectivity index is 2.50. The fraction of sp³-hybridized carbons (Fsp3) is 0.500. The number of hydrogen-bond acceptors (Lipinski definition) is 4. The van der Waals surface area contributed by atoms with E-state index in [4.69, 9.17) is 21.1 Å². The molecular weight excluding hydrogens is 244 g/mol. The summed E-state index contributed by atoms with van der Waals surface area (Å²) in [6.07, 6.45) is -1.31. The van der Waals surface area contributed by atoms with Crippen LogP contribution >= 0.6 is 11.6 Å². The van der Waals surface area contributed by atoms with Crippen LogP contribution in [0.4, 0.5) is 0 Å². The molecule has 0 amide bonds. The Morgan fingerprint density at radius 1 is 1.18 bits per heavy atom. The van der Waals surface area contributed by atoms with E-state index in [1.54, 1.807) is 24.3 Å². The van der Waals surface area contributed by atoms with E-state index in [0.29, 0.717) is 5.75 Å². The van der Waals surface area contributed by atoms with Crippen LogP contribution in [-0.2, 0) is 4.74 Å². The van der Waals surface area contributed by atoms with Gasteiger partial charge in [0.1, 0.15) is 24.6 Å². The van der Waals surface area contributed by atoms with Gasteiger partial charge in [-0.05, 0) is 17.7 Å². The van der Waals surface area contributed by atoms with Crippen LogP contribution in [0.15, 0.2) is 24.3 Å². The first-order valence-corrected chi connectivity index (χ1v) is 5.84. The third-order valence-electron chi connectivity index (χ3n) is 2.21. The monoisotopic (exact) mass is 260 g/mol. The van der Waals surface area contributed by atoms with E-state index in [2.05, 4.69) is 0 Å². The summed E-state index contributed by atoms with van der Waals surface area (Å²) >= 11 is 5.44. The molecule has 0 heterocycles. The molecule has 17 heavy (non-hydrogen) atoms. The number of ether oxygens (including phenoxy) is 2. The van der Waals surface area contributed by atoms with E-state index in [-0.39, 0.29) is 19.1 Å². The predicted molar refractivity (Wildman–Crippen MR) is 65.5 cm³/mol. The predicted octanol–water partition coefficient (Wildman–Crippen LogP) is 1.34. The Morgan fingerprint density at radius 2 is 1.82 bits per heavy atom. The van der Waals surface area contributed by atoms with Crippen LogP contribution in [0.3, 0.4) is 0 Å². The molecule has 1 aromatic carbocycles. The highest BCUT2D eigenvalue weighted by Crippen LogP contribution is 2.18. The third-order valence-corrected chi connectivity index (χ3v) is 2.57. The number of aliphatic hydroxyl groups is 2. The molecule has 1 rings (SSSR count). The summed E-state index contributed by atoms with van der Waals surface area (Å²) in [5.74, 6) is 0.771. The lowest BCUT2D eigenvalue weighted by Crippen LogP contribution is -2.18. The molecule has 0 aliphatic heterocycles. The van der Waals surface area contributed by atoms with E-state index in [1.165, 1.54) is 7.11 Å². The zero-order valence-corrected chi connectivity index (χ0v) is 10.4. The molecule has 4 nitrogen and oxygen atoms in total. The van der Waals surface area contributed by atoms with Gasteiger partial charge >= 0.3 is 0 Å². The molecule has 96 valence electrons. The van der Waals surface area contributed by atoms with Crippen molar-refractivity contribution in [2.75, 3.05) is 26.2 Å². The first kappa shape index (κ1) is 14.3. The lowest BCUT2D eigenvalue weighted by Gasteiger charge is -2.12. The largest absolute Gasteiger partial charge is 0.491 e. The van der Waals surface area contributed by atoms with Gasteiger partial charge in [0.05, 0.1) is 12.5 Å². The average molecular weight is 261 g/mol. The topological polar surface area (TPSA) is 58.9 Å². The highest BCUT2D eigenvalue weighted by Gasteiger charge is 2.07. The molecule has 0 radical (unpaired) electrons. The summed E-state index contributed by atoms with van der Waals surface area (Å²) in [6, 6.07) is 6.97. The minimum absolute atomic E-state index is 0.143. The summed E-state index contributed by atoms with van der Waals surface area (Å²) in [7, 11) is 1.54. The Morgan fingerprint density at radius 3 is 2.35 bits per heavy atom. The van der Waals surface area contributed by atoms with Gasteiger partial charge in [-0.3, -0.25) is 0 Å². The van der Waals surface area contributed by atoms with Gasteiger partial charge in [0.2, 0.25) is 0 Å². The quantitative estimate of drug-likeness (QED) is 0.727. The smallest absolute Gasteiger partial charge is 0.119 e. The van der Waals surface area contributed by atoms with Gasteiger partial charge in [0.15, 0.2) is 0 Å². The zero-order chi connectivity index (χ0) is 12.7. The highest BCUT2D eigenvalue weighted by molar-refractivity contribution is 6.18. The molecule has 0 spiro atoms. The van der Waals surface area contributed by atoms with Crippen molar-refractivity contribution in [2.45, 2.75) is 12.2 Å². The van der Waals surface area contributed by atoms with Gasteiger partial charge in [0.25, 0.3) is 0 Å². The van der Waals surface area contributed by atoms with Crippen molar-refractivity contribution in [3.63, 3.8) is 0 Å². The number of halogens is 1. The minimum atomic E-state index is -0.671. The summed E-state index contributed by atoms with van der Waals surface area (Å²) < 4.78 is 10.2. The Labute approximate surface area is 106 Å². The lowest BCUT2D eigenvalue weighted by atomic mass is 10.1. The Bertz CT molecular complexity index is 315. The van der Waals surface area contributed by atoms with Crippen molar-refractivity contribution in [2.24, 2.45) is 0 Å². The van der Waals surface area contributed by atoms with Crippen LogP contribution in [0.25, 0.3) is 0 Å². The molecule has 1 aromatic rings. The second-order valence-electron chi connectivity index (χ2n) is 3.66. The fourth-order valence-corrected chi connectivity index (χ4v) is 1.37. The second kappa shape index (κ2) is 7.50. The Kier molecular flexibility index (Phi) is 6.29. The number of alkyl halides is 1. The van der Waals surface area contributed by atoms with Crippen molar-refractivity contribution >= 4 is 11.6 Å². The van der Waals surface area contributed by atoms with Crippen LogP contribution in [0.5, 0.6) is 5.75 Å². The number of rotatable bonds is 7. The summed E-state index contributed by atoms with van der Waals surface area (Å²) in [4.78, 5) is 0. The maximum atomic E-state index is 9.64. The zero-order valence-electron chi connectivity index (χ0n) is 9.67. The summed E-state index contributed by atoms with van der Waals surface area (Å²) in [5, 5.41) is 18.9. The van der Waals surface area contributed by atoms with Crippen molar-refractivity contribution in [1.29, 1.82) is 0 Å². The molecular formula is C12H17ClO4. The highest BCUT2D eigenvalue weighted by atomic mass is 35.5. The molecule has 0 fully saturated rings. The van der Waals surface area contributed by atoms with Crippen LogP contribution in [0.2, 0.25) is 0 Å². The maximum Gasteiger partial charge on any atom is 0.119 e. The van der Waals surface area contributed by atoms with E-state index < -0.39 is 12.2 Å². The van der Waals surface area contributed by atoms with E-state index in [0.717, 1.165) is 5.56 Å². The van der Waals surface area contributed by atoms with Crippen molar-refractivity contribution < 1.29 is 19.7 Å². The van der Waals surface area contributed by atoms with Crippen LogP contribution in [-0.4, -0.2) is 42.5 Å². The first-order chi connectivity index (χ1) is 8.17. The second-order valence-corrected chi connectivity index (χ2v) is 3.97. The molecule has 2 atom stereocenters. The Hall–Kier alpha value is -0.810. The normalized spacial score (nSPS) is 14.4. The van der Waals surface area contributed by atoms with Crippen molar-refractivity contribution in [3.8, 4) is 5.75 Å². The van der Waals surface area contributed by atoms with Crippen LogP contribution < -0.4 is 4.74 Å². The maximum absolute atomic E-state index is 9.64. The van der Waals surface area contributed by atoms with Gasteiger partial charge in [-0.2, -0.15) is 0 Å². The average Bonchev–Trinajstić information content (AvgIpc) is 2.36. The standard InChI is InChI=1S/C12H17ClO4/c1-16-8-12(15)9-2-4-11(5-3-9)17-7-10(14)6-13/h2-5,10,12,14-15H,6-8H2,1H3. The molecule has 0 saturated heterocycles. The van der Waals surface area contributed by atoms with Crippen LogP contribution in [0.1, 0.15) is 11.7 Å². The molecule has 0 aliphatic rings. The molecule has 0 bridgehead atoms. The molecule has 2 N–H and O–H groups in total. The lowest BCUT2D eigenvalue weighted by molar-refractivity contribution is 0.0643. The van der Waals surface area contributed by atoms with Gasteiger partial charge in [0, 0.05) is 7.11 Å². The van der Waals surface area contributed by atoms with E-state index >= 15 is 0 Å². The van der Waals surface area contributed by atoms with Gasteiger partial charge < -0.3 is 19.7 Å². The molecule has 0 aromatic heterocycles. The molecule has 0 aliphatic carbocycles. The fourth-order valence-electron chi connectivity index (χ4n) is 1.28. The summed E-state index contributed by atoms with van der Waals surface area (Å²) in [6.45, 7) is 0.411. The van der Waals surface area contributed by atoms with Crippen LogP contribution in [0, 0.1) is 0 Å². The first-order valence-electron chi connectivity index (χ1n) is 5.31. The number of hydrogen-bond donors (Lipinski definition) is 2. The van der Waals surface area contributed by atoms with E-state index in [1.807, 2.05) is 0 Å². The van der Waals surface area contributed by atoms with Crippen molar-refractivity contribution in [1.82, 2.24) is 0 Å². The molecule has 5 heteroatoms. The molecule has 2 unspecified atom stereocenters.